The van der Waals surface area contributed by atoms with Gasteiger partial charge in [0.1, 0.15) is 5.69 Å². The summed E-state index contributed by atoms with van der Waals surface area (Å²) in [6.07, 6.45) is 0. The van der Waals surface area contributed by atoms with Gasteiger partial charge in [0.15, 0.2) is 0 Å². The number of thiazole rings is 1. The lowest BCUT2D eigenvalue weighted by atomic mass is 10.0. The molecule has 0 radical (unpaired) electrons. The zero-order valence-corrected chi connectivity index (χ0v) is 10.8. The third-order valence-electron chi connectivity index (χ3n) is 3.03. The van der Waals surface area contributed by atoms with Crippen LogP contribution in [0.3, 0.4) is 0 Å². The lowest BCUT2D eigenvalue weighted by Gasteiger charge is -2.25. The minimum atomic E-state index is -0.334. The van der Waals surface area contributed by atoms with Crippen molar-refractivity contribution < 1.29 is 4.92 Å². The van der Waals surface area contributed by atoms with E-state index in [1.54, 1.807) is 23.5 Å². The summed E-state index contributed by atoms with van der Waals surface area (Å²) in [5.41, 5.74) is 2.57. The normalized spacial score (nSPS) is 13.1. The van der Waals surface area contributed by atoms with Crippen LogP contribution in [0.2, 0.25) is 0 Å². The summed E-state index contributed by atoms with van der Waals surface area (Å²) >= 11 is 1.65. The van der Waals surface area contributed by atoms with E-state index in [1.807, 2.05) is 24.9 Å². The van der Waals surface area contributed by atoms with Crippen molar-refractivity contribution in [3.8, 4) is 11.3 Å². The van der Waals surface area contributed by atoms with Crippen LogP contribution in [0.1, 0.15) is 9.88 Å². The number of nitrogens with zero attached hydrogens (tertiary/aromatic N) is 3. The predicted octanol–water partition coefficient (Wildman–Crippen LogP) is 2.98. The van der Waals surface area contributed by atoms with E-state index in [4.69, 9.17) is 0 Å². The molecule has 2 heterocycles. The van der Waals surface area contributed by atoms with E-state index >= 15 is 0 Å². The van der Waals surface area contributed by atoms with Crippen molar-refractivity contribution >= 4 is 22.7 Å². The van der Waals surface area contributed by atoms with Gasteiger partial charge in [-0.15, -0.1) is 11.3 Å². The molecule has 0 unspecified atom stereocenters. The number of nitro groups is 1. The second kappa shape index (κ2) is 3.78. The highest BCUT2D eigenvalue weighted by Gasteiger charge is 2.29. The molecule has 1 aliphatic rings. The van der Waals surface area contributed by atoms with Gasteiger partial charge in [0.2, 0.25) is 0 Å². The molecule has 3 rings (SSSR count). The number of hydrogen-bond donors (Lipinski definition) is 0. The predicted molar refractivity (Wildman–Crippen MR) is 71.0 cm³/mol. The van der Waals surface area contributed by atoms with Gasteiger partial charge in [0, 0.05) is 18.7 Å². The monoisotopic (exact) mass is 261 g/mol. The van der Waals surface area contributed by atoms with Crippen LogP contribution in [0.15, 0.2) is 18.2 Å². The molecular formula is C12H11N3O2S. The van der Waals surface area contributed by atoms with Crippen molar-refractivity contribution in [2.24, 2.45) is 0 Å². The van der Waals surface area contributed by atoms with Gasteiger partial charge in [0.25, 0.3) is 5.69 Å². The van der Waals surface area contributed by atoms with E-state index in [0.29, 0.717) is 12.2 Å². The standard InChI is InChI=1S/C12H11N3O2S/c1-7-13-11-8-4-3-5-9(15(16)17)12(8)14(2)6-10(11)18-7/h3-5H,6H2,1-2H3. The van der Waals surface area contributed by atoms with Crippen molar-refractivity contribution in [2.75, 3.05) is 11.9 Å². The number of anilines is 1. The van der Waals surface area contributed by atoms with Crippen LogP contribution in [0, 0.1) is 17.0 Å². The molecule has 0 amide bonds. The molecule has 2 aromatic rings. The number of hydrogen-bond acceptors (Lipinski definition) is 5. The Morgan fingerprint density at radius 1 is 1.50 bits per heavy atom. The highest BCUT2D eigenvalue weighted by atomic mass is 32.1. The first-order chi connectivity index (χ1) is 8.58. The first-order valence-corrected chi connectivity index (χ1v) is 6.35. The molecule has 18 heavy (non-hydrogen) atoms. The Bertz CT molecular complexity index is 651. The molecule has 5 nitrogen and oxygen atoms in total. The number of aromatic nitrogens is 1. The van der Waals surface area contributed by atoms with E-state index in [0.717, 1.165) is 16.3 Å². The molecule has 92 valence electrons. The molecule has 0 spiro atoms. The minimum Gasteiger partial charge on any atom is -0.363 e. The Morgan fingerprint density at radius 2 is 2.28 bits per heavy atom. The van der Waals surface area contributed by atoms with Crippen LogP contribution >= 0.6 is 11.3 Å². The van der Waals surface area contributed by atoms with Crippen molar-refractivity contribution in [3.63, 3.8) is 0 Å². The first kappa shape index (κ1) is 11.2. The van der Waals surface area contributed by atoms with Gasteiger partial charge in [-0.3, -0.25) is 10.1 Å². The average Bonchev–Trinajstić information content (AvgIpc) is 2.69. The fourth-order valence-corrected chi connectivity index (χ4v) is 3.36. The maximum absolute atomic E-state index is 11.1. The molecule has 1 aliphatic heterocycles. The largest absolute Gasteiger partial charge is 0.363 e. The van der Waals surface area contributed by atoms with Gasteiger partial charge in [-0.2, -0.15) is 0 Å². The molecule has 1 aromatic heterocycles. The SMILES string of the molecule is Cc1nc2c(s1)CN(C)c1c-2cccc1[N+](=O)[O-]. The highest BCUT2D eigenvalue weighted by Crippen LogP contribution is 2.44. The molecule has 0 bridgehead atoms. The summed E-state index contributed by atoms with van der Waals surface area (Å²) in [7, 11) is 1.88. The zero-order chi connectivity index (χ0) is 12.9. The Morgan fingerprint density at radius 3 is 3.00 bits per heavy atom. The smallest absolute Gasteiger partial charge is 0.293 e. The summed E-state index contributed by atoms with van der Waals surface area (Å²) in [5.74, 6) is 0. The molecular weight excluding hydrogens is 250 g/mol. The number of para-hydroxylation sites is 1. The summed E-state index contributed by atoms with van der Waals surface area (Å²) < 4.78 is 0. The Balaban J connectivity index is 2.31. The molecule has 0 saturated carbocycles. The van der Waals surface area contributed by atoms with Crippen molar-refractivity contribution in [2.45, 2.75) is 13.5 Å². The van der Waals surface area contributed by atoms with Gasteiger partial charge < -0.3 is 4.90 Å². The third kappa shape index (κ3) is 1.49. The van der Waals surface area contributed by atoms with Gasteiger partial charge in [0.05, 0.1) is 27.0 Å². The van der Waals surface area contributed by atoms with Crippen molar-refractivity contribution in [1.82, 2.24) is 4.98 Å². The second-order valence-electron chi connectivity index (χ2n) is 4.29. The molecule has 0 fully saturated rings. The minimum absolute atomic E-state index is 0.145. The van der Waals surface area contributed by atoms with Crippen LogP contribution < -0.4 is 4.90 Å². The maximum atomic E-state index is 11.1. The summed E-state index contributed by atoms with van der Waals surface area (Å²) in [5, 5.41) is 12.1. The number of fused-ring (bicyclic) bond motifs is 3. The van der Waals surface area contributed by atoms with Crippen LogP contribution in [-0.2, 0) is 6.54 Å². The van der Waals surface area contributed by atoms with E-state index in [9.17, 15) is 10.1 Å². The van der Waals surface area contributed by atoms with Gasteiger partial charge >= 0.3 is 0 Å². The quantitative estimate of drug-likeness (QED) is 0.585. The summed E-state index contributed by atoms with van der Waals surface area (Å²) in [6, 6.07) is 5.16. The Hall–Kier alpha value is -1.95. The molecule has 0 N–H and O–H groups in total. The third-order valence-corrected chi connectivity index (χ3v) is 3.99. The highest BCUT2D eigenvalue weighted by molar-refractivity contribution is 7.12. The Labute approximate surface area is 108 Å². The van der Waals surface area contributed by atoms with Gasteiger partial charge in [-0.05, 0) is 6.92 Å². The van der Waals surface area contributed by atoms with Gasteiger partial charge in [-0.25, -0.2) is 4.98 Å². The average molecular weight is 261 g/mol. The van der Waals surface area contributed by atoms with E-state index in [-0.39, 0.29) is 10.6 Å². The first-order valence-electron chi connectivity index (χ1n) is 5.53. The van der Waals surface area contributed by atoms with Crippen molar-refractivity contribution in [1.29, 1.82) is 0 Å². The van der Waals surface area contributed by atoms with E-state index < -0.39 is 0 Å². The fraction of sp³-hybridized carbons (Fsp3) is 0.250. The lowest BCUT2D eigenvalue weighted by molar-refractivity contribution is -0.384. The zero-order valence-electron chi connectivity index (χ0n) is 10.0. The van der Waals surface area contributed by atoms with Crippen LogP contribution in [0.5, 0.6) is 0 Å². The molecule has 1 aromatic carbocycles. The summed E-state index contributed by atoms with van der Waals surface area (Å²) in [6.45, 7) is 2.64. The van der Waals surface area contributed by atoms with Crippen LogP contribution in [0.4, 0.5) is 11.4 Å². The number of rotatable bonds is 1. The van der Waals surface area contributed by atoms with Crippen LogP contribution in [0.25, 0.3) is 11.3 Å². The summed E-state index contributed by atoms with van der Waals surface area (Å²) in [4.78, 5) is 18.4. The number of benzene rings is 1. The molecule has 0 atom stereocenters. The number of nitro benzene ring substituents is 1. The molecule has 0 aliphatic carbocycles. The second-order valence-corrected chi connectivity index (χ2v) is 5.58. The van der Waals surface area contributed by atoms with Crippen molar-refractivity contribution in [3.05, 3.63) is 38.2 Å². The number of aryl methyl sites for hydroxylation is 1. The van der Waals surface area contributed by atoms with E-state index in [1.165, 1.54) is 4.88 Å². The maximum Gasteiger partial charge on any atom is 0.293 e. The fourth-order valence-electron chi connectivity index (χ4n) is 2.35. The molecule has 6 heteroatoms. The molecule has 0 saturated heterocycles. The van der Waals surface area contributed by atoms with E-state index in [2.05, 4.69) is 4.98 Å². The van der Waals surface area contributed by atoms with Crippen LogP contribution in [-0.4, -0.2) is 17.0 Å². The topological polar surface area (TPSA) is 59.3 Å². The lowest BCUT2D eigenvalue weighted by Crippen LogP contribution is -2.21. The van der Waals surface area contributed by atoms with Gasteiger partial charge in [-0.1, -0.05) is 12.1 Å². The Kier molecular flexibility index (Phi) is 2.34.